The van der Waals surface area contributed by atoms with Gasteiger partial charge in [0.25, 0.3) is 0 Å². The Morgan fingerprint density at radius 2 is 1.90 bits per heavy atom. The molecule has 2 fully saturated rings. The molecule has 3 heteroatoms. The Kier molecular flexibility index (Phi) is 4.59. The van der Waals surface area contributed by atoms with Crippen molar-refractivity contribution in [1.82, 2.24) is 10.2 Å². The third-order valence-corrected chi connectivity index (χ3v) is 5.14. The van der Waals surface area contributed by atoms with Gasteiger partial charge in [0.1, 0.15) is 6.04 Å². The molecule has 114 valence electrons. The number of carbonyl (C=O) groups excluding carboxylic acids is 1. The second-order valence-electron chi connectivity index (χ2n) is 6.39. The Bertz CT molecular complexity index is 467. The van der Waals surface area contributed by atoms with Gasteiger partial charge in [-0.1, -0.05) is 56.5 Å². The van der Waals surface area contributed by atoms with E-state index in [1.54, 1.807) is 0 Å². The lowest BCUT2D eigenvalue weighted by Gasteiger charge is -2.35. The second kappa shape index (κ2) is 6.61. The normalized spacial score (nSPS) is 25.3. The topological polar surface area (TPSA) is 32.3 Å². The second-order valence-corrected chi connectivity index (χ2v) is 6.39. The molecule has 1 saturated heterocycles. The zero-order valence-electron chi connectivity index (χ0n) is 12.9. The van der Waals surface area contributed by atoms with Gasteiger partial charge in [-0.25, -0.2) is 0 Å². The zero-order chi connectivity index (χ0) is 14.7. The van der Waals surface area contributed by atoms with Gasteiger partial charge in [-0.3, -0.25) is 10.1 Å². The summed E-state index contributed by atoms with van der Waals surface area (Å²) in [5.41, 5.74) is 1.09. The van der Waals surface area contributed by atoms with Crippen LogP contribution in [-0.4, -0.2) is 23.5 Å². The molecule has 21 heavy (non-hydrogen) atoms. The van der Waals surface area contributed by atoms with E-state index in [1.807, 2.05) is 30.3 Å². The molecule has 2 atom stereocenters. The van der Waals surface area contributed by atoms with Crippen LogP contribution in [0.3, 0.4) is 0 Å². The molecule has 0 aromatic heterocycles. The van der Waals surface area contributed by atoms with E-state index in [0.29, 0.717) is 18.6 Å². The van der Waals surface area contributed by atoms with Crippen LogP contribution in [0.15, 0.2) is 30.3 Å². The van der Waals surface area contributed by atoms with E-state index in [2.05, 4.69) is 17.1 Å². The number of rotatable bonds is 4. The van der Waals surface area contributed by atoms with Crippen molar-refractivity contribution in [3.63, 3.8) is 0 Å². The van der Waals surface area contributed by atoms with Crippen molar-refractivity contribution in [2.24, 2.45) is 5.92 Å². The number of hydrogen-bond acceptors (Lipinski definition) is 2. The predicted molar refractivity (Wildman–Crippen MR) is 84.7 cm³/mol. The van der Waals surface area contributed by atoms with Crippen LogP contribution in [-0.2, 0) is 4.79 Å². The maximum atomic E-state index is 12.8. The van der Waals surface area contributed by atoms with Crippen molar-refractivity contribution in [3.05, 3.63) is 35.9 Å². The van der Waals surface area contributed by atoms with Gasteiger partial charge in [0.15, 0.2) is 0 Å². The van der Waals surface area contributed by atoms with Crippen LogP contribution < -0.4 is 5.32 Å². The quantitative estimate of drug-likeness (QED) is 0.919. The molecule has 0 bridgehead atoms. The van der Waals surface area contributed by atoms with Crippen LogP contribution in [0.25, 0.3) is 0 Å². The molecule has 0 radical (unpaired) electrons. The fourth-order valence-corrected chi connectivity index (χ4v) is 4.03. The van der Waals surface area contributed by atoms with E-state index >= 15 is 0 Å². The monoisotopic (exact) mass is 286 g/mol. The third-order valence-electron chi connectivity index (χ3n) is 5.14. The van der Waals surface area contributed by atoms with Crippen molar-refractivity contribution in [3.8, 4) is 0 Å². The van der Waals surface area contributed by atoms with Crippen molar-refractivity contribution < 1.29 is 4.79 Å². The molecule has 1 aliphatic heterocycles. The lowest BCUT2D eigenvalue weighted by Crippen LogP contribution is -2.42. The lowest BCUT2D eigenvalue weighted by molar-refractivity contribution is -0.132. The summed E-state index contributed by atoms with van der Waals surface area (Å²) < 4.78 is 0. The van der Waals surface area contributed by atoms with Gasteiger partial charge in [-0.2, -0.15) is 0 Å². The number of benzene rings is 1. The van der Waals surface area contributed by atoms with Crippen molar-refractivity contribution in [1.29, 1.82) is 0 Å². The van der Waals surface area contributed by atoms with Gasteiger partial charge in [0, 0.05) is 6.04 Å². The number of hydrogen-bond donors (Lipinski definition) is 1. The Morgan fingerprint density at radius 1 is 1.19 bits per heavy atom. The molecule has 1 aromatic rings. The third kappa shape index (κ3) is 2.98. The zero-order valence-corrected chi connectivity index (χ0v) is 12.9. The van der Waals surface area contributed by atoms with E-state index in [9.17, 15) is 4.79 Å². The maximum absolute atomic E-state index is 12.8. The molecule has 1 amide bonds. The van der Waals surface area contributed by atoms with Crippen LogP contribution in [0.1, 0.15) is 57.1 Å². The first-order chi connectivity index (χ1) is 10.3. The molecule has 3 nitrogen and oxygen atoms in total. The van der Waals surface area contributed by atoms with Crippen molar-refractivity contribution in [2.45, 2.75) is 57.5 Å². The summed E-state index contributed by atoms with van der Waals surface area (Å²) in [5, 5.41) is 3.40. The molecule has 2 aliphatic rings. The summed E-state index contributed by atoms with van der Waals surface area (Å²) >= 11 is 0. The summed E-state index contributed by atoms with van der Waals surface area (Å²) in [4.78, 5) is 14.9. The van der Waals surface area contributed by atoms with Gasteiger partial charge in [0.2, 0.25) is 5.91 Å². The SMILES string of the molecule is CCC(C1CCCCC1)N1CNC(c2ccccc2)C1=O. The standard InChI is InChI=1S/C18H26N2O/c1-2-16(14-9-5-3-6-10-14)20-13-19-17(18(20)21)15-11-7-4-8-12-15/h4,7-8,11-12,14,16-17,19H,2-3,5-6,9-10,13H2,1H3. The first kappa shape index (κ1) is 14.6. The Balaban J connectivity index is 1.72. The van der Waals surface area contributed by atoms with Crippen molar-refractivity contribution >= 4 is 5.91 Å². The van der Waals surface area contributed by atoms with E-state index in [4.69, 9.17) is 0 Å². The Morgan fingerprint density at radius 3 is 2.57 bits per heavy atom. The summed E-state index contributed by atoms with van der Waals surface area (Å²) in [6, 6.07) is 10.4. The largest absolute Gasteiger partial charge is 0.325 e. The Labute approximate surface area is 127 Å². The van der Waals surface area contributed by atoms with Gasteiger partial charge in [0.05, 0.1) is 6.67 Å². The first-order valence-electron chi connectivity index (χ1n) is 8.40. The highest BCUT2D eigenvalue weighted by molar-refractivity contribution is 5.85. The summed E-state index contributed by atoms with van der Waals surface area (Å²) in [7, 11) is 0. The van der Waals surface area contributed by atoms with Crippen LogP contribution >= 0.6 is 0 Å². The van der Waals surface area contributed by atoms with E-state index < -0.39 is 0 Å². The minimum atomic E-state index is -0.149. The smallest absolute Gasteiger partial charge is 0.245 e. The number of nitrogens with zero attached hydrogens (tertiary/aromatic N) is 1. The molecule has 1 saturated carbocycles. The molecule has 1 N–H and O–H groups in total. The average Bonchev–Trinajstić information content (AvgIpc) is 2.92. The predicted octanol–water partition coefficient (Wildman–Crippen LogP) is 3.48. The highest BCUT2D eigenvalue weighted by Gasteiger charge is 2.38. The van der Waals surface area contributed by atoms with Gasteiger partial charge >= 0.3 is 0 Å². The molecular weight excluding hydrogens is 260 g/mol. The van der Waals surface area contributed by atoms with Gasteiger partial charge in [-0.15, -0.1) is 0 Å². The lowest BCUT2D eigenvalue weighted by atomic mass is 9.82. The Hall–Kier alpha value is -1.35. The van der Waals surface area contributed by atoms with Crippen molar-refractivity contribution in [2.75, 3.05) is 6.67 Å². The molecule has 3 rings (SSSR count). The molecule has 0 spiro atoms. The summed E-state index contributed by atoms with van der Waals surface area (Å²) in [6.45, 7) is 2.93. The van der Waals surface area contributed by atoms with E-state index in [-0.39, 0.29) is 11.9 Å². The highest BCUT2D eigenvalue weighted by atomic mass is 16.2. The molecule has 1 aliphatic carbocycles. The first-order valence-corrected chi connectivity index (χ1v) is 8.40. The van der Waals surface area contributed by atoms with Crippen LogP contribution in [0.5, 0.6) is 0 Å². The van der Waals surface area contributed by atoms with Crippen LogP contribution in [0.4, 0.5) is 0 Å². The number of carbonyl (C=O) groups is 1. The minimum absolute atomic E-state index is 0.149. The molecule has 1 aromatic carbocycles. The summed E-state index contributed by atoms with van der Waals surface area (Å²) in [5.74, 6) is 0.961. The molecule has 2 unspecified atom stereocenters. The highest BCUT2D eigenvalue weighted by Crippen LogP contribution is 2.33. The maximum Gasteiger partial charge on any atom is 0.245 e. The fraction of sp³-hybridized carbons (Fsp3) is 0.611. The molecule has 1 heterocycles. The van der Waals surface area contributed by atoms with E-state index in [1.165, 1.54) is 32.1 Å². The summed E-state index contributed by atoms with van der Waals surface area (Å²) in [6.07, 6.45) is 7.68. The molecular formula is C18H26N2O. The average molecular weight is 286 g/mol. The minimum Gasteiger partial charge on any atom is -0.325 e. The van der Waals surface area contributed by atoms with Crippen LogP contribution in [0, 0.1) is 5.92 Å². The number of nitrogens with one attached hydrogen (secondary N) is 1. The fourth-order valence-electron chi connectivity index (χ4n) is 4.03. The van der Waals surface area contributed by atoms with Gasteiger partial charge in [-0.05, 0) is 30.7 Å². The van der Waals surface area contributed by atoms with Crippen LogP contribution in [0.2, 0.25) is 0 Å². The van der Waals surface area contributed by atoms with Gasteiger partial charge < -0.3 is 4.90 Å². The van der Waals surface area contributed by atoms with E-state index in [0.717, 1.165) is 12.0 Å². The number of amides is 1.